The minimum Gasteiger partial charge on any atom is -0.448 e. The summed E-state index contributed by atoms with van der Waals surface area (Å²) in [5.41, 5.74) is 7.16. The molecule has 0 aromatic carbocycles. The average Bonchev–Trinajstić information content (AvgIpc) is 2.84. The van der Waals surface area contributed by atoms with Crippen LogP contribution in [0.15, 0.2) is 28.9 Å². The van der Waals surface area contributed by atoms with Gasteiger partial charge < -0.3 is 10.2 Å². The van der Waals surface area contributed by atoms with Crippen molar-refractivity contribution >= 4 is 11.6 Å². The molecule has 0 saturated carbocycles. The first kappa shape index (κ1) is 11.2. The second-order valence-electron chi connectivity index (χ2n) is 3.81. The minimum atomic E-state index is -0.118. The zero-order chi connectivity index (χ0) is 11.5. The molecule has 2 aromatic heterocycles. The second-order valence-corrected chi connectivity index (χ2v) is 4.18. The van der Waals surface area contributed by atoms with Gasteiger partial charge in [0.25, 0.3) is 0 Å². The Kier molecular flexibility index (Phi) is 3.31. The monoisotopic (exact) mass is 239 g/mol. The van der Waals surface area contributed by atoms with E-state index in [2.05, 4.69) is 5.10 Å². The van der Waals surface area contributed by atoms with Crippen molar-refractivity contribution in [2.24, 2.45) is 12.8 Å². The number of aromatic nitrogens is 2. The predicted molar refractivity (Wildman–Crippen MR) is 62.2 cm³/mol. The van der Waals surface area contributed by atoms with Gasteiger partial charge in [0.15, 0.2) is 5.22 Å². The molecule has 4 nitrogen and oxygen atoms in total. The van der Waals surface area contributed by atoms with E-state index in [0.717, 1.165) is 18.6 Å². The van der Waals surface area contributed by atoms with Crippen LogP contribution in [0.4, 0.5) is 0 Å². The van der Waals surface area contributed by atoms with Gasteiger partial charge in [-0.3, -0.25) is 4.68 Å². The van der Waals surface area contributed by atoms with Gasteiger partial charge in [0.1, 0.15) is 5.76 Å². The molecule has 2 N–H and O–H groups in total. The number of furan rings is 1. The molecule has 2 aromatic rings. The Morgan fingerprint density at radius 2 is 2.38 bits per heavy atom. The van der Waals surface area contributed by atoms with Crippen molar-refractivity contribution in [1.29, 1.82) is 0 Å². The van der Waals surface area contributed by atoms with Crippen LogP contribution in [0.2, 0.25) is 5.22 Å². The van der Waals surface area contributed by atoms with Crippen LogP contribution in [0.25, 0.3) is 0 Å². The molecule has 0 saturated heterocycles. The molecule has 0 fully saturated rings. The topological polar surface area (TPSA) is 57.0 Å². The fraction of sp³-hybridized carbons (Fsp3) is 0.364. The first-order valence-electron chi connectivity index (χ1n) is 5.13. The molecule has 1 atom stereocenters. The Morgan fingerprint density at radius 1 is 1.56 bits per heavy atom. The van der Waals surface area contributed by atoms with Crippen LogP contribution in [0, 0.1) is 0 Å². The van der Waals surface area contributed by atoms with Crippen molar-refractivity contribution in [3.05, 3.63) is 41.1 Å². The number of halogens is 1. The van der Waals surface area contributed by atoms with E-state index in [1.807, 2.05) is 25.5 Å². The third-order valence-corrected chi connectivity index (χ3v) is 2.66. The van der Waals surface area contributed by atoms with Crippen molar-refractivity contribution < 1.29 is 4.42 Å². The van der Waals surface area contributed by atoms with Crippen LogP contribution in [0.5, 0.6) is 0 Å². The molecule has 0 aliphatic carbocycles. The SMILES string of the molecule is Cn1cc(CCC(N)c2ccc(Cl)o2)cn1. The van der Waals surface area contributed by atoms with Crippen LogP contribution >= 0.6 is 11.6 Å². The fourth-order valence-electron chi connectivity index (χ4n) is 1.59. The van der Waals surface area contributed by atoms with Crippen molar-refractivity contribution in [3.63, 3.8) is 0 Å². The zero-order valence-corrected chi connectivity index (χ0v) is 9.81. The van der Waals surface area contributed by atoms with E-state index >= 15 is 0 Å². The van der Waals surface area contributed by atoms with Gasteiger partial charge >= 0.3 is 0 Å². The standard InChI is InChI=1S/C11H14ClN3O/c1-15-7-8(6-14-15)2-3-9(13)10-4-5-11(12)16-10/h4-7,9H,2-3,13H2,1H3. The Balaban J connectivity index is 1.91. The third kappa shape index (κ3) is 2.65. The summed E-state index contributed by atoms with van der Waals surface area (Å²) in [5.74, 6) is 0.730. The first-order valence-corrected chi connectivity index (χ1v) is 5.51. The molecule has 0 amide bonds. The van der Waals surface area contributed by atoms with E-state index < -0.39 is 0 Å². The minimum absolute atomic E-state index is 0.118. The van der Waals surface area contributed by atoms with E-state index in [4.69, 9.17) is 21.8 Å². The summed E-state index contributed by atoms with van der Waals surface area (Å²) in [6.07, 6.45) is 5.53. The molecule has 16 heavy (non-hydrogen) atoms. The molecule has 5 heteroatoms. The highest BCUT2D eigenvalue weighted by atomic mass is 35.5. The maximum Gasteiger partial charge on any atom is 0.193 e. The maximum atomic E-state index is 5.98. The lowest BCUT2D eigenvalue weighted by Crippen LogP contribution is -2.10. The smallest absolute Gasteiger partial charge is 0.193 e. The lowest BCUT2D eigenvalue weighted by atomic mass is 10.1. The van der Waals surface area contributed by atoms with Crippen molar-refractivity contribution in [3.8, 4) is 0 Å². The van der Waals surface area contributed by atoms with Crippen LogP contribution in [0.3, 0.4) is 0 Å². The normalized spacial score (nSPS) is 12.9. The number of nitrogens with zero attached hydrogens (tertiary/aromatic N) is 2. The van der Waals surface area contributed by atoms with Crippen molar-refractivity contribution in [2.45, 2.75) is 18.9 Å². The summed E-state index contributed by atoms with van der Waals surface area (Å²) >= 11 is 5.69. The van der Waals surface area contributed by atoms with Gasteiger partial charge in [0.05, 0.1) is 12.2 Å². The molecule has 2 rings (SSSR count). The highest BCUT2D eigenvalue weighted by Crippen LogP contribution is 2.21. The zero-order valence-electron chi connectivity index (χ0n) is 9.06. The van der Waals surface area contributed by atoms with E-state index in [0.29, 0.717) is 5.22 Å². The maximum absolute atomic E-state index is 5.98. The first-order chi connectivity index (χ1) is 7.65. The van der Waals surface area contributed by atoms with Crippen LogP contribution in [0.1, 0.15) is 23.8 Å². The summed E-state index contributed by atoms with van der Waals surface area (Å²) in [7, 11) is 1.90. The van der Waals surface area contributed by atoms with Crippen LogP contribution in [-0.4, -0.2) is 9.78 Å². The number of hydrogen-bond acceptors (Lipinski definition) is 3. The highest BCUT2D eigenvalue weighted by Gasteiger charge is 2.10. The Hall–Kier alpha value is -1.26. The third-order valence-electron chi connectivity index (χ3n) is 2.46. The van der Waals surface area contributed by atoms with Gasteiger partial charge in [0, 0.05) is 13.2 Å². The highest BCUT2D eigenvalue weighted by molar-refractivity contribution is 6.28. The molecule has 0 bridgehead atoms. The number of nitrogens with two attached hydrogens (primary N) is 1. The molecule has 0 aliphatic rings. The summed E-state index contributed by atoms with van der Waals surface area (Å²) in [6, 6.07) is 3.41. The van der Waals surface area contributed by atoms with Gasteiger partial charge in [-0.25, -0.2) is 0 Å². The molecule has 86 valence electrons. The van der Waals surface area contributed by atoms with Gasteiger partial charge in [-0.2, -0.15) is 5.10 Å². The quantitative estimate of drug-likeness (QED) is 0.891. The lowest BCUT2D eigenvalue weighted by molar-refractivity contribution is 0.454. The molecule has 0 radical (unpaired) electrons. The Bertz CT molecular complexity index is 463. The Morgan fingerprint density at radius 3 is 2.94 bits per heavy atom. The summed E-state index contributed by atoms with van der Waals surface area (Å²) in [5, 5.41) is 4.48. The largest absolute Gasteiger partial charge is 0.448 e. The fourth-order valence-corrected chi connectivity index (χ4v) is 1.75. The van der Waals surface area contributed by atoms with E-state index in [-0.39, 0.29) is 6.04 Å². The van der Waals surface area contributed by atoms with Gasteiger partial charge in [-0.15, -0.1) is 0 Å². The molecule has 2 heterocycles. The summed E-state index contributed by atoms with van der Waals surface area (Å²) < 4.78 is 7.04. The summed E-state index contributed by atoms with van der Waals surface area (Å²) in [6.45, 7) is 0. The molecule has 0 aliphatic heterocycles. The predicted octanol–water partition coefficient (Wildman–Crippen LogP) is 2.30. The van der Waals surface area contributed by atoms with Crippen molar-refractivity contribution in [2.75, 3.05) is 0 Å². The molecular weight excluding hydrogens is 226 g/mol. The van der Waals surface area contributed by atoms with Gasteiger partial charge in [0.2, 0.25) is 0 Å². The van der Waals surface area contributed by atoms with Crippen molar-refractivity contribution in [1.82, 2.24) is 9.78 Å². The van der Waals surface area contributed by atoms with Gasteiger partial charge in [-0.1, -0.05) is 0 Å². The summed E-state index contributed by atoms with van der Waals surface area (Å²) in [4.78, 5) is 0. The van der Waals surface area contributed by atoms with E-state index in [1.165, 1.54) is 5.56 Å². The number of hydrogen-bond donors (Lipinski definition) is 1. The van der Waals surface area contributed by atoms with Crippen LogP contribution < -0.4 is 5.73 Å². The lowest BCUT2D eigenvalue weighted by Gasteiger charge is -2.06. The number of aryl methyl sites for hydroxylation is 2. The molecule has 1 unspecified atom stereocenters. The molecular formula is C11H14ClN3O. The Labute approximate surface area is 99.0 Å². The molecule has 0 spiro atoms. The second kappa shape index (κ2) is 4.72. The van der Waals surface area contributed by atoms with E-state index in [1.54, 1.807) is 10.7 Å². The van der Waals surface area contributed by atoms with Gasteiger partial charge in [-0.05, 0) is 42.1 Å². The van der Waals surface area contributed by atoms with Crippen LogP contribution in [-0.2, 0) is 13.5 Å². The average molecular weight is 240 g/mol. The van der Waals surface area contributed by atoms with E-state index in [9.17, 15) is 0 Å². The number of rotatable bonds is 4.